The molecule has 0 aromatic carbocycles. The first kappa shape index (κ1) is 28.8. The van der Waals surface area contributed by atoms with Crippen molar-refractivity contribution in [1.29, 1.82) is 0 Å². The van der Waals surface area contributed by atoms with Gasteiger partial charge in [-0.05, 0) is 52.9 Å². The lowest BCUT2D eigenvalue weighted by molar-refractivity contribution is -0.137. The van der Waals surface area contributed by atoms with Crippen LogP contribution < -0.4 is 16.0 Å². The van der Waals surface area contributed by atoms with Crippen molar-refractivity contribution in [3.8, 4) is 0 Å². The first-order chi connectivity index (χ1) is 15.8. The molecular formula is C23H46N8O2. The van der Waals surface area contributed by atoms with Crippen molar-refractivity contribution in [3.05, 3.63) is 0 Å². The molecule has 2 atom stereocenters. The van der Waals surface area contributed by atoms with E-state index in [0.717, 1.165) is 52.1 Å². The fourth-order valence-electron chi connectivity index (χ4n) is 3.82. The molecule has 10 nitrogen and oxygen atoms in total. The van der Waals surface area contributed by atoms with Gasteiger partial charge in [0.25, 0.3) is 0 Å². The number of carboxylic acids is 1. The maximum Gasteiger partial charge on any atom is 0.303 e. The Hall–Kier alpha value is -2.20. The molecule has 0 amide bonds. The third kappa shape index (κ3) is 11.5. The largest absolute Gasteiger partial charge is 0.481 e. The zero-order chi connectivity index (χ0) is 24.6. The maximum absolute atomic E-state index is 10.6. The van der Waals surface area contributed by atoms with Crippen molar-refractivity contribution in [2.75, 3.05) is 61.8 Å². The van der Waals surface area contributed by atoms with Crippen LogP contribution in [0.5, 0.6) is 0 Å². The third-order valence-corrected chi connectivity index (χ3v) is 5.97. The van der Waals surface area contributed by atoms with E-state index in [4.69, 9.17) is 5.11 Å². The second-order valence-electron chi connectivity index (χ2n) is 8.34. The van der Waals surface area contributed by atoms with Crippen molar-refractivity contribution in [2.24, 2.45) is 0 Å². The van der Waals surface area contributed by atoms with E-state index in [2.05, 4.69) is 82.2 Å². The number of aliphatic carboxylic acids is 1. The predicted octanol–water partition coefficient (Wildman–Crippen LogP) is 3.21. The highest BCUT2D eigenvalue weighted by atomic mass is 16.4. The Labute approximate surface area is 200 Å². The number of hydrogen-bond donors (Lipinski definition) is 4. The van der Waals surface area contributed by atoms with Crippen LogP contribution in [0.1, 0.15) is 67.2 Å². The number of nitrogens with zero attached hydrogens (tertiary/aromatic N) is 5. The molecule has 0 saturated carbocycles. The molecule has 0 saturated heterocycles. The Morgan fingerprint density at radius 3 is 1.58 bits per heavy atom. The molecule has 1 rings (SSSR count). The van der Waals surface area contributed by atoms with Gasteiger partial charge in [0.15, 0.2) is 0 Å². The first-order valence-electron chi connectivity index (χ1n) is 12.5. The van der Waals surface area contributed by atoms with Crippen molar-refractivity contribution < 1.29 is 9.90 Å². The molecule has 0 aliphatic carbocycles. The number of carbonyl (C=O) groups is 1. The molecule has 33 heavy (non-hydrogen) atoms. The monoisotopic (exact) mass is 466 g/mol. The minimum Gasteiger partial charge on any atom is -0.481 e. The Morgan fingerprint density at radius 1 is 0.758 bits per heavy atom. The summed E-state index contributed by atoms with van der Waals surface area (Å²) in [5.41, 5.74) is 0. The fourth-order valence-corrected chi connectivity index (χ4v) is 3.82. The van der Waals surface area contributed by atoms with Crippen LogP contribution in [0, 0.1) is 0 Å². The Kier molecular flexibility index (Phi) is 14.3. The minimum atomic E-state index is -0.746. The molecule has 0 fully saturated rings. The van der Waals surface area contributed by atoms with Gasteiger partial charge < -0.3 is 21.1 Å². The van der Waals surface area contributed by atoms with Gasteiger partial charge in [0.1, 0.15) is 0 Å². The van der Waals surface area contributed by atoms with Crippen LogP contribution in [-0.2, 0) is 4.79 Å². The topological polar surface area (TPSA) is 119 Å². The van der Waals surface area contributed by atoms with E-state index < -0.39 is 5.97 Å². The number of unbranched alkanes of at least 4 members (excludes halogenated alkanes) is 2. The standard InChI is InChI=1S/C23H46N8O2/c1-7-30(8-2)18(5)16-25-22-27-21(24-15-13-11-12-14-20(32)33)28-23(29-22)26-17-19(6)31(9-3)10-4/h18-19H,7-17H2,1-6H3,(H,32,33)(H3,24,25,26,27,28,29). The summed E-state index contributed by atoms with van der Waals surface area (Å²) in [4.78, 5) is 29.1. The van der Waals surface area contributed by atoms with Crippen LogP contribution in [0.4, 0.5) is 17.8 Å². The lowest BCUT2D eigenvalue weighted by Gasteiger charge is -2.27. The average Bonchev–Trinajstić information content (AvgIpc) is 2.80. The Balaban J connectivity index is 2.78. The van der Waals surface area contributed by atoms with Crippen molar-refractivity contribution in [2.45, 2.75) is 79.3 Å². The minimum absolute atomic E-state index is 0.212. The molecule has 1 aromatic rings. The van der Waals surface area contributed by atoms with Crippen molar-refractivity contribution in [3.63, 3.8) is 0 Å². The van der Waals surface area contributed by atoms with Crippen LogP contribution in [-0.4, -0.2) is 93.7 Å². The maximum atomic E-state index is 10.6. The van der Waals surface area contributed by atoms with Gasteiger partial charge in [-0.15, -0.1) is 0 Å². The van der Waals surface area contributed by atoms with E-state index in [1.807, 2.05) is 0 Å². The first-order valence-corrected chi connectivity index (χ1v) is 12.5. The number of hydrogen-bond acceptors (Lipinski definition) is 9. The Bertz CT molecular complexity index is 628. The molecule has 4 N–H and O–H groups in total. The van der Waals surface area contributed by atoms with E-state index in [0.29, 0.717) is 42.9 Å². The number of anilines is 3. The predicted molar refractivity (Wildman–Crippen MR) is 136 cm³/mol. The van der Waals surface area contributed by atoms with Crippen LogP contribution in [0.15, 0.2) is 0 Å². The number of likely N-dealkylation sites (N-methyl/N-ethyl adjacent to an activating group) is 2. The SMILES string of the molecule is CCN(CC)C(C)CNc1nc(NCCCCCC(=O)O)nc(NCC(C)N(CC)CC)n1. The summed E-state index contributed by atoms with van der Waals surface area (Å²) in [6, 6.07) is 0.725. The van der Waals surface area contributed by atoms with Gasteiger partial charge in [0, 0.05) is 38.1 Å². The number of nitrogens with one attached hydrogen (secondary N) is 3. The zero-order valence-corrected chi connectivity index (χ0v) is 21.5. The summed E-state index contributed by atoms with van der Waals surface area (Å²) < 4.78 is 0. The summed E-state index contributed by atoms with van der Waals surface area (Å²) in [7, 11) is 0. The van der Waals surface area contributed by atoms with Gasteiger partial charge in [-0.25, -0.2) is 0 Å². The van der Waals surface area contributed by atoms with Crippen molar-refractivity contribution >= 4 is 23.8 Å². The van der Waals surface area contributed by atoms with Crippen LogP contribution in [0.3, 0.4) is 0 Å². The van der Waals surface area contributed by atoms with Crippen LogP contribution >= 0.6 is 0 Å². The van der Waals surface area contributed by atoms with E-state index in [-0.39, 0.29) is 6.42 Å². The highest BCUT2D eigenvalue weighted by molar-refractivity contribution is 5.66. The second-order valence-corrected chi connectivity index (χ2v) is 8.34. The van der Waals surface area contributed by atoms with E-state index >= 15 is 0 Å². The van der Waals surface area contributed by atoms with E-state index in [1.54, 1.807) is 0 Å². The van der Waals surface area contributed by atoms with E-state index in [9.17, 15) is 4.79 Å². The molecule has 10 heteroatoms. The number of aromatic nitrogens is 3. The molecule has 0 aliphatic rings. The molecule has 190 valence electrons. The summed E-state index contributed by atoms with van der Waals surface area (Å²) in [6.07, 6.45) is 2.61. The smallest absolute Gasteiger partial charge is 0.303 e. The van der Waals surface area contributed by atoms with Crippen LogP contribution in [0.25, 0.3) is 0 Å². The molecular weight excluding hydrogens is 420 g/mol. The van der Waals surface area contributed by atoms with Gasteiger partial charge >= 0.3 is 5.97 Å². The van der Waals surface area contributed by atoms with Gasteiger partial charge in [-0.2, -0.15) is 15.0 Å². The van der Waals surface area contributed by atoms with E-state index in [1.165, 1.54) is 0 Å². The normalized spacial score (nSPS) is 13.2. The molecule has 0 spiro atoms. The lowest BCUT2D eigenvalue weighted by atomic mass is 10.2. The van der Waals surface area contributed by atoms with Crippen LogP contribution in [0.2, 0.25) is 0 Å². The van der Waals surface area contributed by atoms with Gasteiger partial charge in [-0.3, -0.25) is 14.6 Å². The summed E-state index contributed by atoms with van der Waals surface area (Å²) in [5, 5.41) is 18.8. The molecule has 1 heterocycles. The highest BCUT2D eigenvalue weighted by Gasteiger charge is 2.14. The molecule has 0 aliphatic heterocycles. The quantitative estimate of drug-likeness (QED) is 0.226. The molecule has 2 unspecified atom stereocenters. The average molecular weight is 467 g/mol. The number of rotatable bonds is 19. The van der Waals surface area contributed by atoms with Gasteiger partial charge in [-0.1, -0.05) is 34.1 Å². The Morgan fingerprint density at radius 2 is 1.18 bits per heavy atom. The highest BCUT2D eigenvalue weighted by Crippen LogP contribution is 2.12. The summed E-state index contributed by atoms with van der Waals surface area (Å²) in [5.74, 6) is 0.884. The van der Waals surface area contributed by atoms with Gasteiger partial charge in [0.2, 0.25) is 17.8 Å². The third-order valence-electron chi connectivity index (χ3n) is 5.97. The molecule has 0 radical (unpaired) electrons. The lowest BCUT2D eigenvalue weighted by Crippen LogP contribution is -2.38. The summed E-state index contributed by atoms with van der Waals surface area (Å²) in [6.45, 7) is 19.2. The summed E-state index contributed by atoms with van der Waals surface area (Å²) >= 11 is 0. The van der Waals surface area contributed by atoms with Gasteiger partial charge in [0.05, 0.1) is 0 Å². The molecule has 1 aromatic heterocycles. The van der Waals surface area contributed by atoms with Crippen molar-refractivity contribution in [1.82, 2.24) is 24.8 Å². The fraction of sp³-hybridized carbons (Fsp3) is 0.826. The zero-order valence-electron chi connectivity index (χ0n) is 21.5. The second kappa shape index (κ2) is 16.4. The number of carboxylic acid groups (broad SMARTS) is 1. The molecule has 0 bridgehead atoms.